The van der Waals surface area contributed by atoms with Gasteiger partial charge in [-0.2, -0.15) is 4.98 Å². The third-order valence-corrected chi connectivity index (χ3v) is 8.28. The smallest absolute Gasteiger partial charge is 0.278 e. The number of hydrogen-bond acceptors (Lipinski definition) is 6. The Morgan fingerprint density at radius 1 is 1.14 bits per heavy atom. The highest BCUT2D eigenvalue weighted by atomic mass is 19.1. The molecular formula is C28H30FN7O. The van der Waals surface area contributed by atoms with Gasteiger partial charge < -0.3 is 10.6 Å². The molecule has 4 heterocycles. The number of pyridine rings is 1. The van der Waals surface area contributed by atoms with Crippen molar-refractivity contribution >= 4 is 22.7 Å². The maximum absolute atomic E-state index is 13.8. The Balaban J connectivity index is 1.31. The molecule has 2 N–H and O–H groups in total. The molecule has 7 rings (SSSR count). The molecular weight excluding hydrogens is 469 g/mol. The number of anilines is 2. The third-order valence-electron chi connectivity index (χ3n) is 8.28. The number of fused-ring (bicyclic) bond motifs is 3. The van der Waals surface area contributed by atoms with E-state index in [-0.39, 0.29) is 11.6 Å². The van der Waals surface area contributed by atoms with Crippen LogP contribution in [-0.2, 0) is 17.4 Å². The molecule has 3 aliphatic rings. The van der Waals surface area contributed by atoms with Crippen LogP contribution in [0.25, 0.3) is 16.9 Å². The maximum atomic E-state index is 13.8. The number of benzene rings is 1. The average Bonchev–Trinajstić information content (AvgIpc) is 3.83. The summed E-state index contributed by atoms with van der Waals surface area (Å²) >= 11 is 0. The van der Waals surface area contributed by atoms with Gasteiger partial charge in [0.2, 0.25) is 5.95 Å². The normalized spacial score (nSPS) is 18.8. The van der Waals surface area contributed by atoms with Crippen molar-refractivity contribution in [1.82, 2.24) is 29.6 Å². The zero-order valence-corrected chi connectivity index (χ0v) is 21.1. The SMILES string of the molecule is CC(C)n1c(=O)c2cnc(Nc3ccc4c(c3)CNCC43CC3)nc2n1-c1cccc(C2(CF)CC2)n1. The van der Waals surface area contributed by atoms with Gasteiger partial charge in [0.25, 0.3) is 5.56 Å². The minimum absolute atomic E-state index is 0.137. The first kappa shape index (κ1) is 22.6. The molecule has 8 nitrogen and oxygen atoms in total. The van der Waals surface area contributed by atoms with Crippen molar-refractivity contribution < 1.29 is 4.39 Å². The van der Waals surface area contributed by atoms with E-state index in [1.165, 1.54) is 24.0 Å². The van der Waals surface area contributed by atoms with Gasteiger partial charge >= 0.3 is 0 Å². The lowest BCUT2D eigenvalue weighted by Crippen LogP contribution is -2.33. The monoisotopic (exact) mass is 499 g/mol. The van der Waals surface area contributed by atoms with E-state index in [0.29, 0.717) is 28.2 Å². The summed E-state index contributed by atoms with van der Waals surface area (Å²) in [5.41, 5.74) is 4.51. The molecule has 2 saturated carbocycles. The highest BCUT2D eigenvalue weighted by Gasteiger charge is 2.47. The van der Waals surface area contributed by atoms with Gasteiger partial charge in [0, 0.05) is 41.8 Å². The molecule has 3 aromatic heterocycles. The van der Waals surface area contributed by atoms with Gasteiger partial charge in [0.15, 0.2) is 11.5 Å². The predicted octanol–water partition coefficient (Wildman–Crippen LogP) is 4.44. The first-order chi connectivity index (χ1) is 17.9. The van der Waals surface area contributed by atoms with Gasteiger partial charge in [0.1, 0.15) is 12.1 Å². The molecule has 0 atom stereocenters. The van der Waals surface area contributed by atoms with E-state index in [0.717, 1.165) is 37.3 Å². The van der Waals surface area contributed by atoms with Crippen LogP contribution in [0.4, 0.5) is 16.0 Å². The number of nitrogens with one attached hydrogen (secondary N) is 2. The molecule has 190 valence electrons. The van der Waals surface area contributed by atoms with Crippen molar-refractivity contribution in [2.24, 2.45) is 0 Å². The van der Waals surface area contributed by atoms with Crippen molar-refractivity contribution in [3.8, 4) is 5.82 Å². The average molecular weight is 500 g/mol. The van der Waals surface area contributed by atoms with Crippen LogP contribution in [-0.4, -0.2) is 37.5 Å². The second-order valence-corrected chi connectivity index (χ2v) is 11.2. The van der Waals surface area contributed by atoms with E-state index in [4.69, 9.17) is 9.97 Å². The van der Waals surface area contributed by atoms with Crippen molar-refractivity contribution in [2.75, 3.05) is 18.5 Å². The fraction of sp³-hybridized carbons (Fsp3) is 0.429. The Hall–Kier alpha value is -3.59. The topological polar surface area (TPSA) is 89.7 Å². The number of rotatable bonds is 6. The number of halogens is 1. The van der Waals surface area contributed by atoms with Crippen LogP contribution in [0.15, 0.2) is 47.4 Å². The maximum Gasteiger partial charge on any atom is 0.278 e. The van der Waals surface area contributed by atoms with Crippen molar-refractivity contribution in [3.63, 3.8) is 0 Å². The predicted molar refractivity (Wildman–Crippen MR) is 141 cm³/mol. The molecule has 37 heavy (non-hydrogen) atoms. The molecule has 4 aromatic rings. The van der Waals surface area contributed by atoms with Crippen LogP contribution in [0.3, 0.4) is 0 Å². The first-order valence-electron chi connectivity index (χ1n) is 13.1. The Morgan fingerprint density at radius 2 is 1.97 bits per heavy atom. The van der Waals surface area contributed by atoms with Crippen LogP contribution >= 0.6 is 0 Å². The summed E-state index contributed by atoms with van der Waals surface area (Å²) < 4.78 is 17.2. The van der Waals surface area contributed by atoms with Gasteiger partial charge in [-0.3, -0.25) is 9.18 Å². The van der Waals surface area contributed by atoms with Crippen molar-refractivity contribution in [2.45, 2.75) is 62.9 Å². The lowest BCUT2D eigenvalue weighted by Gasteiger charge is -2.26. The Kier molecular flexibility index (Phi) is 4.86. The van der Waals surface area contributed by atoms with Gasteiger partial charge in [-0.1, -0.05) is 12.1 Å². The van der Waals surface area contributed by atoms with Gasteiger partial charge in [-0.25, -0.2) is 19.3 Å². The summed E-state index contributed by atoms with van der Waals surface area (Å²) in [7, 11) is 0. The van der Waals surface area contributed by atoms with Gasteiger partial charge in [0.05, 0.1) is 5.69 Å². The lowest BCUT2D eigenvalue weighted by atomic mass is 9.88. The van der Waals surface area contributed by atoms with Crippen molar-refractivity contribution in [3.05, 3.63) is 69.8 Å². The Bertz CT molecular complexity index is 1600. The molecule has 0 radical (unpaired) electrons. The standard InChI is InChI=1S/C28H30FN7O/c1-17(2)35-25(37)20-14-31-26(32-19-6-7-21-18(12-19)13-30-16-28(21)10-11-28)34-24(20)36(35)23-5-3-4-22(33-23)27(15-29)8-9-27/h3-7,12,14,17,30H,8-11,13,15-16H2,1-2H3,(H,31,32,34). The van der Waals surface area contributed by atoms with Crippen LogP contribution in [0, 0.1) is 0 Å². The fourth-order valence-corrected chi connectivity index (χ4v) is 5.78. The number of hydrogen-bond donors (Lipinski definition) is 2. The van der Waals surface area contributed by atoms with Gasteiger partial charge in [-0.05, 0) is 74.9 Å². The Morgan fingerprint density at radius 3 is 2.70 bits per heavy atom. The summed E-state index contributed by atoms with van der Waals surface area (Å²) in [5, 5.41) is 7.31. The summed E-state index contributed by atoms with van der Waals surface area (Å²) in [6.45, 7) is 5.38. The summed E-state index contributed by atoms with van der Waals surface area (Å²) in [6, 6.07) is 11.9. The molecule has 1 aromatic carbocycles. The molecule has 9 heteroatoms. The van der Waals surface area contributed by atoms with E-state index in [2.05, 4.69) is 33.8 Å². The Labute approximate surface area is 213 Å². The molecule has 1 spiro atoms. The van der Waals surface area contributed by atoms with Gasteiger partial charge in [-0.15, -0.1) is 0 Å². The minimum Gasteiger partial charge on any atom is -0.324 e. The number of alkyl halides is 1. The highest BCUT2D eigenvalue weighted by Crippen LogP contribution is 2.51. The van der Waals surface area contributed by atoms with E-state index in [1.807, 2.05) is 32.0 Å². The zero-order chi connectivity index (χ0) is 25.4. The molecule has 0 bridgehead atoms. The third kappa shape index (κ3) is 3.51. The van der Waals surface area contributed by atoms with Crippen LogP contribution < -0.4 is 16.2 Å². The van der Waals surface area contributed by atoms with E-state index in [9.17, 15) is 9.18 Å². The zero-order valence-electron chi connectivity index (χ0n) is 21.1. The highest BCUT2D eigenvalue weighted by molar-refractivity contribution is 5.77. The molecule has 1 aliphatic heterocycles. The molecule has 0 unspecified atom stereocenters. The van der Waals surface area contributed by atoms with E-state index >= 15 is 0 Å². The summed E-state index contributed by atoms with van der Waals surface area (Å²) in [5.74, 6) is 0.961. The number of nitrogens with zero attached hydrogens (tertiary/aromatic N) is 5. The van der Waals surface area contributed by atoms with Crippen LogP contribution in [0.1, 0.15) is 62.4 Å². The molecule has 2 fully saturated rings. The second kappa shape index (κ2) is 7.95. The fourth-order valence-electron chi connectivity index (χ4n) is 5.78. The molecule has 0 amide bonds. The lowest BCUT2D eigenvalue weighted by molar-refractivity contribution is 0.410. The van der Waals surface area contributed by atoms with E-state index in [1.54, 1.807) is 15.6 Å². The van der Waals surface area contributed by atoms with Crippen LogP contribution in [0.5, 0.6) is 0 Å². The second-order valence-electron chi connectivity index (χ2n) is 11.2. The van der Waals surface area contributed by atoms with Crippen molar-refractivity contribution in [1.29, 1.82) is 0 Å². The minimum atomic E-state index is -0.496. The number of aromatic nitrogens is 5. The quantitative estimate of drug-likeness (QED) is 0.408. The van der Waals surface area contributed by atoms with E-state index < -0.39 is 12.1 Å². The van der Waals surface area contributed by atoms with Crippen LogP contribution in [0.2, 0.25) is 0 Å². The largest absolute Gasteiger partial charge is 0.324 e. The molecule has 0 saturated heterocycles. The first-order valence-corrected chi connectivity index (χ1v) is 13.1. The summed E-state index contributed by atoms with van der Waals surface area (Å²) in [6.07, 6.45) is 5.64. The molecule has 2 aliphatic carbocycles. The summed E-state index contributed by atoms with van der Waals surface area (Å²) in [4.78, 5) is 27.4.